The van der Waals surface area contributed by atoms with Crippen LogP contribution in [0.2, 0.25) is 10.0 Å². The molecule has 2 aromatic heterocycles. The number of nitrogens with one attached hydrogen (secondary N) is 1. The molecule has 1 aliphatic heterocycles. The van der Waals surface area contributed by atoms with E-state index in [4.69, 9.17) is 23.2 Å². The Hall–Kier alpha value is -1.97. The zero-order valence-electron chi connectivity index (χ0n) is 16.0. The fraction of sp³-hybridized carbons (Fsp3) is 0.300. The van der Waals surface area contributed by atoms with Gasteiger partial charge >= 0.3 is 0 Å². The molecule has 0 unspecified atom stereocenters. The number of fused-ring (bicyclic) bond motifs is 1. The average Bonchev–Trinajstić information content (AvgIpc) is 2.70. The first-order chi connectivity index (χ1) is 14.3. The minimum Gasteiger partial charge on any atom is -0.297 e. The van der Waals surface area contributed by atoms with Gasteiger partial charge in [0.25, 0.3) is 5.56 Å². The Labute approximate surface area is 184 Å². The Morgan fingerprint density at radius 3 is 2.40 bits per heavy atom. The Kier molecular flexibility index (Phi) is 6.13. The lowest BCUT2D eigenvalue weighted by molar-refractivity contribution is 0.198. The molecule has 30 heavy (non-hydrogen) atoms. The van der Waals surface area contributed by atoms with Crippen LogP contribution < -0.4 is 10.3 Å². The average molecular weight is 467 g/mol. The standard InChI is InChI=1S/C20H20Cl2N4O3S/c21-14-1-4-18(5-2-14)30(28,29)24-16-7-9-25(10-8-16)13-17-11-20(27)26-12-15(22)3-6-19(26)23-17/h1-6,11-12,16,24H,7-10,13H2. The van der Waals surface area contributed by atoms with E-state index in [1.54, 1.807) is 30.5 Å². The van der Waals surface area contributed by atoms with Gasteiger partial charge in [0.1, 0.15) is 5.65 Å². The van der Waals surface area contributed by atoms with Crippen LogP contribution in [0.25, 0.3) is 5.65 Å². The van der Waals surface area contributed by atoms with Crippen molar-refractivity contribution in [3.63, 3.8) is 0 Å². The number of hydrogen-bond acceptors (Lipinski definition) is 5. The second-order valence-corrected chi connectivity index (χ2v) is 9.87. The first-order valence-electron chi connectivity index (χ1n) is 9.48. The van der Waals surface area contributed by atoms with Crippen molar-refractivity contribution < 1.29 is 8.42 Å². The number of aromatic nitrogens is 2. The molecule has 158 valence electrons. The van der Waals surface area contributed by atoms with E-state index in [9.17, 15) is 13.2 Å². The van der Waals surface area contributed by atoms with Gasteiger partial charge in [0.15, 0.2) is 0 Å². The molecule has 1 fully saturated rings. The topological polar surface area (TPSA) is 83.8 Å². The summed E-state index contributed by atoms with van der Waals surface area (Å²) < 4.78 is 29.3. The zero-order valence-corrected chi connectivity index (χ0v) is 18.3. The van der Waals surface area contributed by atoms with Crippen LogP contribution in [0.15, 0.2) is 58.4 Å². The molecule has 1 N–H and O–H groups in total. The molecule has 1 aliphatic rings. The molecule has 0 saturated carbocycles. The van der Waals surface area contributed by atoms with E-state index in [1.165, 1.54) is 22.6 Å². The van der Waals surface area contributed by atoms with E-state index in [0.29, 0.717) is 53.9 Å². The lowest BCUT2D eigenvalue weighted by Gasteiger charge is -2.31. The van der Waals surface area contributed by atoms with Crippen molar-refractivity contribution in [2.24, 2.45) is 0 Å². The van der Waals surface area contributed by atoms with Crippen LogP contribution >= 0.6 is 23.2 Å². The molecule has 0 amide bonds. The molecule has 0 bridgehead atoms. The Morgan fingerprint density at radius 2 is 1.70 bits per heavy atom. The van der Waals surface area contributed by atoms with Gasteiger partial charge in [-0.05, 0) is 49.2 Å². The smallest absolute Gasteiger partial charge is 0.258 e. The molecule has 0 radical (unpaired) electrons. The predicted molar refractivity (Wildman–Crippen MR) is 117 cm³/mol. The van der Waals surface area contributed by atoms with E-state index in [1.807, 2.05) is 0 Å². The van der Waals surface area contributed by atoms with Crippen molar-refractivity contribution >= 4 is 38.9 Å². The Balaban J connectivity index is 1.38. The SMILES string of the molecule is O=c1cc(CN2CCC(NS(=O)(=O)c3ccc(Cl)cc3)CC2)nc2ccc(Cl)cn12. The van der Waals surface area contributed by atoms with Crippen LogP contribution in [0.3, 0.4) is 0 Å². The maximum absolute atomic E-state index is 12.5. The number of nitrogens with zero attached hydrogens (tertiary/aromatic N) is 3. The highest BCUT2D eigenvalue weighted by atomic mass is 35.5. The van der Waals surface area contributed by atoms with Gasteiger partial charge in [-0.1, -0.05) is 23.2 Å². The second-order valence-electron chi connectivity index (χ2n) is 7.29. The molecule has 1 aromatic carbocycles. The molecule has 0 spiro atoms. The molecule has 1 saturated heterocycles. The van der Waals surface area contributed by atoms with Gasteiger partial charge < -0.3 is 0 Å². The summed E-state index contributed by atoms with van der Waals surface area (Å²) in [6.07, 6.45) is 2.90. The number of halogens is 2. The first-order valence-corrected chi connectivity index (χ1v) is 11.7. The van der Waals surface area contributed by atoms with Crippen molar-refractivity contribution in [1.29, 1.82) is 0 Å². The van der Waals surface area contributed by atoms with Gasteiger partial charge in [-0.25, -0.2) is 18.1 Å². The number of piperidine rings is 1. The highest BCUT2D eigenvalue weighted by Gasteiger charge is 2.25. The molecule has 7 nitrogen and oxygen atoms in total. The summed E-state index contributed by atoms with van der Waals surface area (Å²) in [7, 11) is -3.58. The van der Waals surface area contributed by atoms with Gasteiger partial charge in [0, 0.05) is 43.0 Å². The van der Waals surface area contributed by atoms with Crippen LogP contribution in [0.5, 0.6) is 0 Å². The third kappa shape index (κ3) is 4.84. The number of benzene rings is 1. The van der Waals surface area contributed by atoms with E-state index in [2.05, 4.69) is 14.6 Å². The van der Waals surface area contributed by atoms with Gasteiger partial charge in [-0.3, -0.25) is 14.1 Å². The number of likely N-dealkylation sites (tertiary alicyclic amines) is 1. The zero-order chi connectivity index (χ0) is 21.3. The number of pyridine rings is 1. The van der Waals surface area contributed by atoms with Crippen LogP contribution in [-0.4, -0.2) is 41.8 Å². The first kappa shape index (κ1) is 21.3. The summed E-state index contributed by atoms with van der Waals surface area (Å²) >= 11 is 11.8. The maximum Gasteiger partial charge on any atom is 0.258 e. The summed E-state index contributed by atoms with van der Waals surface area (Å²) in [4.78, 5) is 19.2. The van der Waals surface area contributed by atoms with E-state index in [-0.39, 0.29) is 16.5 Å². The molecule has 3 aromatic rings. The number of hydrogen-bond donors (Lipinski definition) is 1. The minimum absolute atomic E-state index is 0.140. The second kappa shape index (κ2) is 8.64. The summed E-state index contributed by atoms with van der Waals surface area (Å²) in [6.45, 7) is 1.94. The highest BCUT2D eigenvalue weighted by Crippen LogP contribution is 2.18. The molecular formula is C20H20Cl2N4O3S. The monoisotopic (exact) mass is 466 g/mol. The van der Waals surface area contributed by atoms with Crippen molar-refractivity contribution in [2.45, 2.75) is 30.3 Å². The molecular weight excluding hydrogens is 447 g/mol. The summed E-state index contributed by atoms with van der Waals surface area (Å²) in [5, 5.41) is 0.967. The largest absolute Gasteiger partial charge is 0.297 e. The Bertz CT molecular complexity index is 1220. The minimum atomic E-state index is -3.58. The predicted octanol–water partition coefficient (Wildman–Crippen LogP) is 2.94. The van der Waals surface area contributed by atoms with Gasteiger partial charge in [0.05, 0.1) is 15.6 Å². The van der Waals surface area contributed by atoms with Crippen LogP contribution in [0, 0.1) is 0 Å². The van der Waals surface area contributed by atoms with Crippen molar-refractivity contribution in [2.75, 3.05) is 13.1 Å². The summed E-state index contributed by atoms with van der Waals surface area (Å²) in [5.74, 6) is 0. The summed E-state index contributed by atoms with van der Waals surface area (Å²) in [5.41, 5.74) is 1.05. The van der Waals surface area contributed by atoms with Gasteiger partial charge in [-0.15, -0.1) is 0 Å². The number of sulfonamides is 1. The fourth-order valence-electron chi connectivity index (χ4n) is 3.55. The van der Waals surface area contributed by atoms with Gasteiger partial charge in [-0.2, -0.15) is 0 Å². The normalized spacial score (nSPS) is 16.2. The Morgan fingerprint density at radius 1 is 1.03 bits per heavy atom. The third-order valence-electron chi connectivity index (χ3n) is 5.10. The van der Waals surface area contributed by atoms with Crippen LogP contribution in [0.1, 0.15) is 18.5 Å². The van der Waals surface area contributed by atoms with Crippen molar-refractivity contribution in [3.05, 3.63) is 74.8 Å². The lowest BCUT2D eigenvalue weighted by Crippen LogP contribution is -2.44. The van der Waals surface area contributed by atoms with Crippen molar-refractivity contribution in [3.8, 4) is 0 Å². The molecule has 0 atom stereocenters. The number of rotatable bonds is 5. The van der Waals surface area contributed by atoms with Crippen LogP contribution in [0.4, 0.5) is 0 Å². The van der Waals surface area contributed by atoms with E-state index < -0.39 is 10.0 Å². The highest BCUT2D eigenvalue weighted by molar-refractivity contribution is 7.89. The van der Waals surface area contributed by atoms with E-state index in [0.717, 1.165) is 0 Å². The summed E-state index contributed by atoms with van der Waals surface area (Å²) in [6, 6.07) is 10.9. The fourth-order valence-corrected chi connectivity index (χ4v) is 5.14. The molecule has 0 aliphatic carbocycles. The lowest BCUT2D eigenvalue weighted by atomic mass is 10.1. The maximum atomic E-state index is 12.5. The van der Waals surface area contributed by atoms with Crippen molar-refractivity contribution in [1.82, 2.24) is 19.0 Å². The molecule has 3 heterocycles. The van der Waals surface area contributed by atoms with Gasteiger partial charge in [0.2, 0.25) is 10.0 Å². The van der Waals surface area contributed by atoms with Crippen LogP contribution in [-0.2, 0) is 16.6 Å². The molecule has 4 rings (SSSR count). The third-order valence-corrected chi connectivity index (χ3v) is 7.11. The molecule has 10 heteroatoms. The quantitative estimate of drug-likeness (QED) is 0.624. The van der Waals surface area contributed by atoms with E-state index >= 15 is 0 Å².